The lowest BCUT2D eigenvalue weighted by Crippen LogP contribution is -1.98. The number of benzene rings is 15. The number of pyridine rings is 3. The molecule has 0 fully saturated rings. The van der Waals surface area contributed by atoms with Crippen molar-refractivity contribution in [1.29, 1.82) is 0 Å². The molecule has 0 aliphatic heterocycles. The number of aromatic nitrogens is 9. The van der Waals surface area contributed by atoms with Crippen molar-refractivity contribution in [3.63, 3.8) is 0 Å². The van der Waals surface area contributed by atoms with Crippen LogP contribution in [0, 0.1) is 0 Å². The first-order valence-corrected chi connectivity index (χ1v) is 38.1. The Balaban J connectivity index is 0.000000117. The molecule has 534 valence electrons. The molecule has 0 bridgehead atoms. The first-order valence-electron chi connectivity index (χ1n) is 38.1. The second kappa shape index (κ2) is 31.3. The number of rotatable bonds is 12. The van der Waals surface area contributed by atoms with Crippen molar-refractivity contribution in [2.24, 2.45) is 0 Å². The standard InChI is InChI=1S/C43H27N3.C35H23N3.C27H19N3/c1-3-13-32-30(11-1)25-38(36-17-7-5-15-34(32)36)42-27-41(29-22-20-28(21-23-29)40-19-9-10-24-44-40)45-43(46-42)39-26-31-12-2-4-14-33(31)35-16-6-8-18-37(35)39;1-3-9-28-21-30(18-12-24(28)7-1)34-23-33(27-16-14-26(15-17-27)32-11-5-6-20-36-32)37-35(38-34)31-19-13-25-8-2-4-10-29(25)22-31;1-3-9-20(10-4-1)25-19-26(30-27(29-25)23-11-5-2-6-12-23)22-16-14-21(15-17-22)24-13-7-8-18-28-24/h1-27H;1-23H;1-19H. The molecule has 21 aromatic rings. The predicted molar refractivity (Wildman–Crippen MR) is 470 cm³/mol. The summed E-state index contributed by atoms with van der Waals surface area (Å²) in [5, 5.41) is 14.3. The van der Waals surface area contributed by atoms with E-state index in [0.29, 0.717) is 11.6 Å². The van der Waals surface area contributed by atoms with Gasteiger partial charge in [-0.2, -0.15) is 0 Å². The summed E-state index contributed by atoms with van der Waals surface area (Å²) in [5.41, 5.74) is 20.8. The van der Waals surface area contributed by atoms with Crippen LogP contribution in [0.1, 0.15) is 0 Å². The molecule has 15 aromatic carbocycles. The van der Waals surface area contributed by atoms with E-state index < -0.39 is 0 Å². The summed E-state index contributed by atoms with van der Waals surface area (Å²) in [6.45, 7) is 0. The zero-order valence-electron chi connectivity index (χ0n) is 61.9. The van der Waals surface area contributed by atoms with E-state index in [4.69, 9.17) is 29.9 Å². The van der Waals surface area contributed by atoms with Gasteiger partial charge in [-0.05, 0) is 143 Å². The Morgan fingerprint density at radius 3 is 0.851 bits per heavy atom. The third-order valence-electron chi connectivity index (χ3n) is 20.8. The monoisotopic (exact) mass is 1460 g/mol. The summed E-state index contributed by atoms with van der Waals surface area (Å²) in [5.74, 6) is 2.14. The van der Waals surface area contributed by atoms with Crippen molar-refractivity contribution in [3.05, 3.63) is 419 Å². The van der Waals surface area contributed by atoms with Gasteiger partial charge in [0.1, 0.15) is 0 Å². The molecular weight excluding hydrogens is 1390 g/mol. The fourth-order valence-corrected chi connectivity index (χ4v) is 15.0. The first-order chi connectivity index (χ1) is 56.5. The maximum atomic E-state index is 5.36. The number of nitrogens with zero attached hydrogens (tertiary/aromatic N) is 9. The number of hydrogen-bond acceptors (Lipinski definition) is 9. The molecule has 114 heavy (non-hydrogen) atoms. The van der Waals surface area contributed by atoms with Crippen LogP contribution < -0.4 is 0 Å². The summed E-state index contributed by atoms with van der Waals surface area (Å²) >= 11 is 0. The van der Waals surface area contributed by atoms with E-state index in [-0.39, 0.29) is 0 Å². The summed E-state index contributed by atoms with van der Waals surface area (Å²) in [7, 11) is 0. The van der Waals surface area contributed by atoms with Gasteiger partial charge in [0.25, 0.3) is 0 Å². The molecular formula is C105H69N9. The van der Waals surface area contributed by atoms with Gasteiger partial charge in [-0.25, -0.2) is 29.9 Å². The van der Waals surface area contributed by atoms with E-state index in [2.05, 4.69) is 312 Å². The van der Waals surface area contributed by atoms with Gasteiger partial charge in [-0.3, -0.25) is 15.0 Å². The first kappa shape index (κ1) is 69.0. The molecule has 0 atom stereocenters. The topological polar surface area (TPSA) is 116 Å². The van der Waals surface area contributed by atoms with E-state index in [0.717, 1.165) is 129 Å². The molecule has 6 aromatic heterocycles. The van der Waals surface area contributed by atoms with E-state index in [9.17, 15) is 0 Å². The molecule has 21 rings (SSSR count). The van der Waals surface area contributed by atoms with Crippen LogP contribution in [0.3, 0.4) is 0 Å². The molecule has 9 heteroatoms. The average Bonchev–Trinajstić information content (AvgIpc) is 0.750. The van der Waals surface area contributed by atoms with Crippen molar-refractivity contribution in [2.45, 2.75) is 0 Å². The van der Waals surface area contributed by atoms with Gasteiger partial charge in [-0.1, -0.05) is 322 Å². The quantitative estimate of drug-likeness (QED) is 0.110. The molecule has 0 spiro atoms. The van der Waals surface area contributed by atoms with Crippen molar-refractivity contribution < 1.29 is 0 Å². The Hall–Kier alpha value is -15.5. The van der Waals surface area contributed by atoms with Crippen LogP contribution in [0.25, 0.3) is 200 Å². The van der Waals surface area contributed by atoms with Crippen LogP contribution in [0.4, 0.5) is 0 Å². The van der Waals surface area contributed by atoms with Gasteiger partial charge in [-0.15, -0.1) is 0 Å². The molecule has 0 saturated heterocycles. The van der Waals surface area contributed by atoms with Gasteiger partial charge < -0.3 is 0 Å². The molecule has 9 nitrogen and oxygen atoms in total. The van der Waals surface area contributed by atoms with E-state index in [1.807, 2.05) is 122 Å². The predicted octanol–water partition coefficient (Wildman–Crippen LogP) is 26.5. The normalized spacial score (nSPS) is 11.2. The van der Waals surface area contributed by atoms with Gasteiger partial charge in [0, 0.05) is 85.4 Å². The number of fused-ring (bicyclic) bond motifs is 8. The Bertz CT molecular complexity index is 6760. The second-order valence-electron chi connectivity index (χ2n) is 28.0. The minimum absolute atomic E-state index is 0.709. The highest BCUT2D eigenvalue weighted by Gasteiger charge is 2.20. The largest absolute Gasteiger partial charge is 0.256 e. The fourth-order valence-electron chi connectivity index (χ4n) is 15.0. The van der Waals surface area contributed by atoms with Crippen molar-refractivity contribution in [2.75, 3.05) is 0 Å². The highest BCUT2D eigenvalue weighted by Crippen LogP contribution is 2.41. The maximum Gasteiger partial charge on any atom is 0.161 e. The number of hydrogen-bond donors (Lipinski definition) is 0. The van der Waals surface area contributed by atoms with Crippen LogP contribution >= 0.6 is 0 Å². The maximum absolute atomic E-state index is 5.36. The summed E-state index contributed by atoms with van der Waals surface area (Å²) in [6.07, 6.45) is 5.46. The van der Waals surface area contributed by atoms with Crippen LogP contribution in [-0.4, -0.2) is 44.9 Å². The van der Waals surface area contributed by atoms with Crippen molar-refractivity contribution in [3.8, 4) is 135 Å². The van der Waals surface area contributed by atoms with Crippen molar-refractivity contribution >= 4 is 64.6 Å². The zero-order chi connectivity index (χ0) is 75.9. The summed E-state index contributed by atoms with van der Waals surface area (Å²) in [4.78, 5) is 43.9. The lowest BCUT2D eigenvalue weighted by molar-refractivity contribution is 1.18. The average molecular weight is 1460 g/mol. The smallest absolute Gasteiger partial charge is 0.161 e. The highest BCUT2D eigenvalue weighted by molar-refractivity contribution is 6.15. The van der Waals surface area contributed by atoms with E-state index in [1.165, 1.54) is 59.2 Å². The summed E-state index contributed by atoms with van der Waals surface area (Å²) in [6, 6.07) is 138. The van der Waals surface area contributed by atoms with E-state index >= 15 is 0 Å². The minimum atomic E-state index is 0.709. The van der Waals surface area contributed by atoms with Gasteiger partial charge in [0.05, 0.1) is 51.2 Å². The van der Waals surface area contributed by atoms with E-state index in [1.54, 1.807) is 0 Å². The van der Waals surface area contributed by atoms with Crippen LogP contribution in [0.15, 0.2) is 419 Å². The van der Waals surface area contributed by atoms with Crippen LogP contribution in [-0.2, 0) is 0 Å². The van der Waals surface area contributed by atoms with Gasteiger partial charge in [0.2, 0.25) is 0 Å². The molecule has 0 N–H and O–H groups in total. The Kier molecular flexibility index (Phi) is 18.9. The highest BCUT2D eigenvalue weighted by atomic mass is 14.9. The molecule has 0 aliphatic carbocycles. The third-order valence-corrected chi connectivity index (χ3v) is 20.8. The third kappa shape index (κ3) is 14.5. The zero-order valence-corrected chi connectivity index (χ0v) is 61.9. The van der Waals surface area contributed by atoms with Gasteiger partial charge >= 0.3 is 0 Å². The lowest BCUT2D eigenvalue weighted by atomic mass is 9.94. The minimum Gasteiger partial charge on any atom is -0.256 e. The SMILES string of the molecule is c1ccc(-c2cc(-c3ccc(-c4ccccn4)cc3)nc(-c3ccccc3)n2)cc1.c1ccc(-c2ccc(-c3cc(-c4cc5ccccc5c5ccccc45)nc(-c4cc5ccccc5c5ccccc45)n3)cc2)nc1.c1ccc(-c2ccc(-c3cc(-c4ccc5ccccc5c4)nc(-c4ccc5ccccc5c4)n3)cc2)nc1. The lowest BCUT2D eigenvalue weighted by Gasteiger charge is -2.15. The second-order valence-corrected chi connectivity index (χ2v) is 28.0. The van der Waals surface area contributed by atoms with Crippen LogP contribution in [0.5, 0.6) is 0 Å². The fraction of sp³-hybridized carbons (Fsp3) is 0. The molecule has 6 heterocycles. The van der Waals surface area contributed by atoms with Crippen molar-refractivity contribution in [1.82, 2.24) is 44.9 Å². The van der Waals surface area contributed by atoms with Crippen LogP contribution in [0.2, 0.25) is 0 Å². The van der Waals surface area contributed by atoms with Gasteiger partial charge in [0.15, 0.2) is 17.5 Å². The Morgan fingerprint density at radius 1 is 0.132 bits per heavy atom. The molecule has 0 amide bonds. The Morgan fingerprint density at radius 2 is 0.412 bits per heavy atom. The molecule has 0 unspecified atom stereocenters. The summed E-state index contributed by atoms with van der Waals surface area (Å²) < 4.78 is 0. The Labute approximate surface area is 659 Å². The molecule has 0 radical (unpaired) electrons. The molecule has 0 saturated carbocycles. The molecule has 0 aliphatic rings.